The molecule has 0 saturated heterocycles. The van der Waals surface area contributed by atoms with E-state index >= 15 is 0 Å². The number of fused-ring (bicyclic) bond motifs is 1. The van der Waals surface area contributed by atoms with Gasteiger partial charge in [-0.05, 0) is 25.5 Å². The number of ether oxygens (including phenoxy) is 1. The quantitative estimate of drug-likeness (QED) is 0.761. The summed E-state index contributed by atoms with van der Waals surface area (Å²) < 4.78 is 7.36. The predicted molar refractivity (Wildman–Crippen MR) is 81.8 cm³/mol. The van der Waals surface area contributed by atoms with Crippen LogP contribution in [-0.2, 0) is 22.5 Å². The number of nitrogens with zero attached hydrogens (tertiary/aromatic N) is 2. The van der Waals surface area contributed by atoms with Gasteiger partial charge in [-0.2, -0.15) is 0 Å². The summed E-state index contributed by atoms with van der Waals surface area (Å²) in [6, 6.07) is 5.57. The second kappa shape index (κ2) is 7.43. The molecule has 0 aliphatic heterocycles. The van der Waals surface area contributed by atoms with Gasteiger partial charge in [0.1, 0.15) is 5.82 Å². The normalized spacial score (nSPS) is 11.1. The van der Waals surface area contributed by atoms with Crippen LogP contribution in [-0.4, -0.2) is 33.8 Å². The SMILES string of the molecule is CCOCCCn1c(CCC(=O)O)nc2cccc(Cl)c21. The fourth-order valence-corrected chi connectivity index (χ4v) is 2.58. The van der Waals surface area contributed by atoms with Crippen molar-refractivity contribution in [3.63, 3.8) is 0 Å². The molecular formula is C15H19ClN2O3. The number of hydrogen-bond acceptors (Lipinski definition) is 3. The van der Waals surface area contributed by atoms with Crippen LogP contribution in [0, 0.1) is 0 Å². The molecule has 0 bridgehead atoms. The smallest absolute Gasteiger partial charge is 0.303 e. The Kier molecular flexibility index (Phi) is 5.59. The number of aromatic nitrogens is 2. The van der Waals surface area contributed by atoms with Gasteiger partial charge in [-0.1, -0.05) is 17.7 Å². The minimum absolute atomic E-state index is 0.0619. The van der Waals surface area contributed by atoms with Crippen molar-refractivity contribution >= 4 is 28.6 Å². The maximum Gasteiger partial charge on any atom is 0.303 e. The summed E-state index contributed by atoms with van der Waals surface area (Å²) >= 11 is 6.27. The van der Waals surface area contributed by atoms with Crippen molar-refractivity contribution in [3.8, 4) is 0 Å². The average Bonchev–Trinajstić information content (AvgIpc) is 2.80. The highest BCUT2D eigenvalue weighted by Crippen LogP contribution is 2.25. The van der Waals surface area contributed by atoms with Gasteiger partial charge in [0, 0.05) is 26.2 Å². The first-order valence-corrected chi connectivity index (χ1v) is 7.44. The molecule has 2 rings (SSSR count). The second-order valence-corrected chi connectivity index (χ2v) is 5.14. The Labute approximate surface area is 128 Å². The van der Waals surface area contributed by atoms with Crippen molar-refractivity contribution in [2.75, 3.05) is 13.2 Å². The van der Waals surface area contributed by atoms with E-state index in [9.17, 15) is 4.79 Å². The van der Waals surface area contributed by atoms with Gasteiger partial charge < -0.3 is 14.4 Å². The van der Waals surface area contributed by atoms with Gasteiger partial charge in [-0.15, -0.1) is 0 Å². The van der Waals surface area contributed by atoms with Crippen LogP contribution in [0.25, 0.3) is 11.0 Å². The molecule has 114 valence electrons. The summed E-state index contributed by atoms with van der Waals surface area (Å²) in [5.74, 6) is -0.0639. The van der Waals surface area contributed by atoms with Gasteiger partial charge in [0.2, 0.25) is 0 Å². The number of benzene rings is 1. The van der Waals surface area contributed by atoms with E-state index in [2.05, 4.69) is 4.98 Å². The largest absolute Gasteiger partial charge is 0.481 e. The van der Waals surface area contributed by atoms with Gasteiger partial charge >= 0.3 is 5.97 Å². The number of hydrogen-bond donors (Lipinski definition) is 1. The summed E-state index contributed by atoms with van der Waals surface area (Å²) in [6.45, 7) is 4.03. The third-order valence-corrected chi connectivity index (χ3v) is 3.54. The van der Waals surface area contributed by atoms with E-state index in [1.54, 1.807) is 0 Å². The van der Waals surface area contributed by atoms with E-state index in [4.69, 9.17) is 21.4 Å². The molecule has 2 aromatic rings. The number of rotatable bonds is 8. The molecular weight excluding hydrogens is 292 g/mol. The fraction of sp³-hybridized carbons (Fsp3) is 0.467. The first-order chi connectivity index (χ1) is 10.1. The lowest BCUT2D eigenvalue weighted by Gasteiger charge is -2.09. The van der Waals surface area contributed by atoms with Crippen molar-refractivity contribution in [2.45, 2.75) is 32.7 Å². The topological polar surface area (TPSA) is 64.3 Å². The minimum atomic E-state index is -0.825. The molecule has 1 aromatic heterocycles. The molecule has 1 N–H and O–H groups in total. The van der Waals surface area contributed by atoms with E-state index in [1.807, 2.05) is 29.7 Å². The number of imidazole rings is 1. The number of aliphatic carboxylic acids is 1. The summed E-state index contributed by atoms with van der Waals surface area (Å²) in [5.41, 5.74) is 1.68. The van der Waals surface area contributed by atoms with Crippen LogP contribution in [0.3, 0.4) is 0 Å². The molecule has 0 amide bonds. The molecule has 1 heterocycles. The van der Waals surface area contributed by atoms with Gasteiger partial charge in [-0.25, -0.2) is 4.98 Å². The van der Waals surface area contributed by atoms with Crippen molar-refractivity contribution in [1.82, 2.24) is 9.55 Å². The zero-order valence-corrected chi connectivity index (χ0v) is 12.8. The summed E-state index contributed by atoms with van der Waals surface area (Å²) in [5, 5.41) is 9.50. The Hall–Kier alpha value is -1.59. The monoisotopic (exact) mass is 310 g/mol. The number of para-hydroxylation sites is 1. The van der Waals surface area contributed by atoms with Crippen molar-refractivity contribution < 1.29 is 14.6 Å². The highest BCUT2D eigenvalue weighted by atomic mass is 35.5. The summed E-state index contributed by atoms with van der Waals surface area (Å²) in [7, 11) is 0. The molecule has 6 heteroatoms. The Morgan fingerprint density at radius 1 is 1.48 bits per heavy atom. The van der Waals surface area contributed by atoms with Crippen molar-refractivity contribution in [1.29, 1.82) is 0 Å². The van der Waals surface area contributed by atoms with Gasteiger partial charge in [0.05, 0.1) is 22.5 Å². The maximum absolute atomic E-state index is 10.8. The number of carboxylic acid groups (broad SMARTS) is 1. The first kappa shape index (κ1) is 15.8. The molecule has 1 aromatic carbocycles. The number of aryl methyl sites for hydroxylation is 2. The summed E-state index contributed by atoms with van der Waals surface area (Å²) in [4.78, 5) is 15.3. The van der Waals surface area contributed by atoms with Crippen LogP contribution in [0.2, 0.25) is 5.02 Å². The first-order valence-electron chi connectivity index (χ1n) is 7.06. The Morgan fingerprint density at radius 2 is 2.29 bits per heavy atom. The molecule has 0 unspecified atom stereocenters. The standard InChI is InChI=1S/C15H19ClN2O3/c1-2-21-10-4-9-18-13(7-8-14(19)20)17-12-6-3-5-11(16)15(12)18/h3,5-6H,2,4,7-10H2,1H3,(H,19,20). The lowest BCUT2D eigenvalue weighted by Crippen LogP contribution is -2.09. The summed E-state index contributed by atoms with van der Waals surface area (Å²) in [6.07, 6.45) is 1.30. The molecule has 0 fully saturated rings. The van der Waals surface area contributed by atoms with Crippen LogP contribution in [0.1, 0.15) is 25.6 Å². The Bertz CT molecular complexity index is 625. The van der Waals surface area contributed by atoms with E-state index in [-0.39, 0.29) is 6.42 Å². The third-order valence-electron chi connectivity index (χ3n) is 3.23. The van der Waals surface area contributed by atoms with Gasteiger partial charge in [0.25, 0.3) is 0 Å². The lowest BCUT2D eigenvalue weighted by atomic mass is 10.3. The molecule has 0 saturated carbocycles. The van der Waals surface area contributed by atoms with E-state index in [1.165, 1.54) is 0 Å². The van der Waals surface area contributed by atoms with E-state index in [0.29, 0.717) is 24.7 Å². The molecule has 0 spiro atoms. The highest BCUT2D eigenvalue weighted by Gasteiger charge is 2.14. The minimum Gasteiger partial charge on any atom is -0.481 e. The predicted octanol–water partition coefficient (Wildman–Crippen LogP) is 3.13. The van der Waals surface area contributed by atoms with E-state index < -0.39 is 5.97 Å². The van der Waals surface area contributed by atoms with Crippen LogP contribution < -0.4 is 0 Å². The Morgan fingerprint density at radius 3 is 3.00 bits per heavy atom. The number of carboxylic acids is 1. The molecule has 5 nitrogen and oxygen atoms in total. The van der Waals surface area contributed by atoms with Crippen molar-refractivity contribution in [3.05, 3.63) is 29.0 Å². The van der Waals surface area contributed by atoms with E-state index in [0.717, 1.165) is 29.8 Å². The van der Waals surface area contributed by atoms with Crippen LogP contribution in [0.15, 0.2) is 18.2 Å². The fourth-order valence-electron chi connectivity index (χ4n) is 2.31. The second-order valence-electron chi connectivity index (χ2n) is 4.73. The van der Waals surface area contributed by atoms with Crippen LogP contribution >= 0.6 is 11.6 Å². The molecule has 0 atom stereocenters. The van der Waals surface area contributed by atoms with Crippen molar-refractivity contribution in [2.24, 2.45) is 0 Å². The molecule has 0 aliphatic carbocycles. The molecule has 0 aliphatic rings. The molecule has 21 heavy (non-hydrogen) atoms. The van der Waals surface area contributed by atoms with Gasteiger partial charge in [-0.3, -0.25) is 4.79 Å². The molecule has 0 radical (unpaired) electrons. The number of halogens is 1. The maximum atomic E-state index is 10.8. The van der Waals surface area contributed by atoms with Crippen LogP contribution in [0.4, 0.5) is 0 Å². The average molecular weight is 311 g/mol. The highest BCUT2D eigenvalue weighted by molar-refractivity contribution is 6.35. The zero-order chi connectivity index (χ0) is 15.2. The Balaban J connectivity index is 2.27. The van der Waals surface area contributed by atoms with Crippen LogP contribution in [0.5, 0.6) is 0 Å². The zero-order valence-electron chi connectivity index (χ0n) is 12.0. The van der Waals surface area contributed by atoms with Gasteiger partial charge in [0.15, 0.2) is 0 Å². The lowest BCUT2D eigenvalue weighted by molar-refractivity contribution is -0.137. The third kappa shape index (κ3) is 3.95. The number of carbonyl (C=O) groups is 1.